The third kappa shape index (κ3) is 5.68. The Morgan fingerprint density at radius 3 is 2.43 bits per heavy atom. The largest absolute Gasteiger partial charge is 0.330 e. The molecule has 2 aromatic rings. The highest BCUT2D eigenvalue weighted by molar-refractivity contribution is 5.98. The Bertz CT molecular complexity index is 1030. The molecule has 200 valence electrons. The number of benzene rings is 1. The number of halogens is 1. The van der Waals surface area contributed by atoms with Crippen LogP contribution in [0.5, 0.6) is 0 Å². The van der Waals surface area contributed by atoms with Gasteiger partial charge in [0.1, 0.15) is 12.7 Å². The van der Waals surface area contributed by atoms with Crippen molar-refractivity contribution >= 4 is 17.5 Å². The second-order valence-electron chi connectivity index (χ2n) is 11.1. The topological polar surface area (TPSA) is 130 Å². The van der Waals surface area contributed by atoms with E-state index in [1.807, 2.05) is 29.2 Å². The Hall–Kier alpha value is -2.88. The third-order valence-corrected chi connectivity index (χ3v) is 8.93. The minimum absolute atomic E-state index is 0.0823. The van der Waals surface area contributed by atoms with Crippen molar-refractivity contribution in [1.29, 1.82) is 0 Å². The van der Waals surface area contributed by atoms with Crippen LogP contribution in [0.15, 0.2) is 24.3 Å². The summed E-state index contributed by atoms with van der Waals surface area (Å²) < 4.78 is 13.1. The van der Waals surface area contributed by atoms with Crippen molar-refractivity contribution in [3.63, 3.8) is 0 Å². The lowest BCUT2D eigenvalue weighted by Gasteiger charge is -2.36. The maximum absolute atomic E-state index is 13.8. The van der Waals surface area contributed by atoms with Crippen LogP contribution >= 0.6 is 0 Å². The number of nitrogens with one attached hydrogen (secondary N) is 2. The van der Waals surface area contributed by atoms with E-state index in [1.165, 1.54) is 19.3 Å². The van der Waals surface area contributed by atoms with Gasteiger partial charge in [0.2, 0.25) is 11.8 Å². The van der Waals surface area contributed by atoms with Crippen molar-refractivity contribution in [2.24, 2.45) is 29.4 Å². The molecule has 37 heavy (non-hydrogen) atoms. The Labute approximate surface area is 217 Å². The summed E-state index contributed by atoms with van der Waals surface area (Å²) in [6, 6.07) is 6.48. The monoisotopic (exact) mass is 511 g/mol. The normalized spacial score (nSPS) is 27.7. The van der Waals surface area contributed by atoms with E-state index in [2.05, 4.69) is 25.9 Å². The fourth-order valence-electron chi connectivity index (χ4n) is 6.82. The van der Waals surface area contributed by atoms with Crippen LogP contribution in [0, 0.1) is 23.7 Å². The van der Waals surface area contributed by atoms with E-state index < -0.39 is 18.8 Å². The van der Waals surface area contributed by atoms with E-state index in [0.29, 0.717) is 36.8 Å². The lowest BCUT2D eigenvalue weighted by Crippen LogP contribution is -2.50. The Morgan fingerprint density at radius 1 is 1.05 bits per heavy atom. The van der Waals surface area contributed by atoms with Crippen LogP contribution in [-0.4, -0.2) is 62.6 Å². The minimum Gasteiger partial charge on any atom is -0.330 e. The number of hydrogen-bond donors (Lipinski definition) is 3. The van der Waals surface area contributed by atoms with Crippen molar-refractivity contribution in [3.8, 4) is 11.4 Å². The maximum Gasteiger partial charge on any atom is 0.247 e. The van der Waals surface area contributed by atoms with Crippen molar-refractivity contribution in [3.05, 3.63) is 24.3 Å². The first-order valence-electron chi connectivity index (χ1n) is 13.8. The lowest BCUT2D eigenvalue weighted by atomic mass is 9.76. The van der Waals surface area contributed by atoms with Gasteiger partial charge >= 0.3 is 0 Å². The van der Waals surface area contributed by atoms with Gasteiger partial charge in [0.05, 0.1) is 0 Å². The van der Waals surface area contributed by atoms with Gasteiger partial charge in [0, 0.05) is 29.8 Å². The molecule has 1 aliphatic heterocycles. The Balaban J connectivity index is 1.30. The number of carbonyl (C=O) groups excluding carboxylic acids is 2. The molecule has 0 unspecified atom stereocenters. The van der Waals surface area contributed by atoms with Crippen molar-refractivity contribution in [2.75, 3.05) is 18.5 Å². The number of nitrogens with zero attached hydrogens (tertiary/aromatic N) is 4. The molecule has 1 saturated heterocycles. The number of anilines is 1. The van der Waals surface area contributed by atoms with E-state index >= 15 is 0 Å². The van der Waals surface area contributed by atoms with Crippen LogP contribution in [0.2, 0.25) is 0 Å². The summed E-state index contributed by atoms with van der Waals surface area (Å²) >= 11 is 0. The molecule has 0 spiro atoms. The molecule has 3 fully saturated rings. The first-order valence-corrected chi connectivity index (χ1v) is 13.8. The third-order valence-electron chi connectivity index (χ3n) is 8.93. The van der Waals surface area contributed by atoms with E-state index in [0.717, 1.165) is 37.7 Å². The quantitative estimate of drug-likeness (QED) is 0.520. The van der Waals surface area contributed by atoms with Gasteiger partial charge in [0.15, 0.2) is 5.82 Å². The molecule has 5 rings (SSSR count). The molecule has 3 aliphatic rings. The number of hydrogen-bond acceptors (Lipinski definition) is 6. The highest BCUT2D eigenvalue weighted by Gasteiger charge is 2.46. The zero-order valence-electron chi connectivity index (χ0n) is 21.3. The average molecular weight is 512 g/mol. The summed E-state index contributed by atoms with van der Waals surface area (Å²) in [4.78, 5) is 29.4. The summed E-state index contributed by atoms with van der Waals surface area (Å²) in [7, 11) is 0. The maximum atomic E-state index is 13.8. The molecule has 9 nitrogen and oxygen atoms in total. The van der Waals surface area contributed by atoms with Gasteiger partial charge in [-0.3, -0.25) is 9.59 Å². The van der Waals surface area contributed by atoms with Crippen LogP contribution in [0.4, 0.5) is 10.1 Å². The highest BCUT2D eigenvalue weighted by Crippen LogP contribution is 2.41. The Kier molecular flexibility index (Phi) is 8.12. The summed E-state index contributed by atoms with van der Waals surface area (Å²) in [5.74, 6) is 1.21. The average Bonchev–Trinajstić information content (AvgIpc) is 3.64. The lowest BCUT2D eigenvalue weighted by molar-refractivity contribution is -0.142. The summed E-state index contributed by atoms with van der Waals surface area (Å²) in [6.07, 6.45) is 9.73. The number of aromatic amines is 1. The number of H-pyrrole nitrogens is 1. The molecule has 2 aliphatic carbocycles. The van der Waals surface area contributed by atoms with E-state index in [4.69, 9.17) is 5.73 Å². The molecular formula is C27H38FN7O2. The van der Waals surface area contributed by atoms with Gasteiger partial charge in [-0.05, 0) is 84.6 Å². The van der Waals surface area contributed by atoms with Gasteiger partial charge in [-0.25, -0.2) is 9.49 Å². The predicted molar refractivity (Wildman–Crippen MR) is 138 cm³/mol. The number of tetrazole rings is 1. The number of aromatic nitrogens is 4. The van der Waals surface area contributed by atoms with Crippen LogP contribution in [-0.2, 0) is 9.59 Å². The number of rotatable bonds is 7. The number of amides is 2. The van der Waals surface area contributed by atoms with Gasteiger partial charge in [-0.2, -0.15) is 0 Å². The van der Waals surface area contributed by atoms with E-state index in [1.54, 1.807) is 0 Å². The molecule has 2 saturated carbocycles. The zero-order chi connectivity index (χ0) is 25.8. The first-order chi connectivity index (χ1) is 18.0. The van der Waals surface area contributed by atoms with E-state index in [9.17, 15) is 14.0 Å². The SMILES string of the molecule is N[C@H](CF)[C@H]1CC[C@H](C(=O)N2CC[C@@H](C3CCCCC3)[C@H]2C(=O)Nc2ccc(-c3nnn[nH]3)cc2)CC1. The number of alkyl halides is 1. The molecule has 1 aromatic heterocycles. The van der Waals surface area contributed by atoms with Gasteiger partial charge in [0.25, 0.3) is 0 Å². The smallest absolute Gasteiger partial charge is 0.247 e. The van der Waals surface area contributed by atoms with Crippen LogP contribution in [0.1, 0.15) is 64.2 Å². The second kappa shape index (κ2) is 11.7. The molecule has 4 N–H and O–H groups in total. The van der Waals surface area contributed by atoms with Crippen molar-refractivity contribution < 1.29 is 14.0 Å². The minimum atomic E-state index is -0.517. The van der Waals surface area contributed by atoms with E-state index in [-0.39, 0.29) is 29.6 Å². The zero-order valence-corrected chi connectivity index (χ0v) is 21.3. The standard InChI is InChI=1S/C27H38FN7O2/c28-16-23(29)18-6-8-20(9-7-18)27(37)35-15-14-22(17-4-2-1-3-5-17)24(35)26(36)30-21-12-10-19(11-13-21)25-31-33-34-32-25/h10-13,17-18,20,22-24H,1-9,14-16,29H2,(H,30,36)(H,31,32,33,34)/t18-,20-,22-,23+,24-/m0/s1. The second-order valence-corrected chi connectivity index (χ2v) is 11.1. The van der Waals surface area contributed by atoms with Crippen LogP contribution in [0.3, 0.4) is 0 Å². The first kappa shape index (κ1) is 25.8. The molecule has 2 heterocycles. The van der Waals surface area contributed by atoms with Gasteiger partial charge in [-0.15, -0.1) is 5.10 Å². The number of likely N-dealkylation sites (tertiary alicyclic amines) is 1. The molecule has 1 aromatic carbocycles. The molecule has 10 heteroatoms. The van der Waals surface area contributed by atoms with Gasteiger partial charge < -0.3 is 16.0 Å². The fraction of sp³-hybridized carbons (Fsp3) is 0.667. The predicted octanol–water partition coefficient (Wildman–Crippen LogP) is 3.71. The van der Waals surface area contributed by atoms with Crippen LogP contribution < -0.4 is 11.1 Å². The molecule has 0 radical (unpaired) electrons. The summed E-state index contributed by atoms with van der Waals surface area (Å²) in [6.45, 7) is 0.108. The summed E-state index contributed by atoms with van der Waals surface area (Å²) in [5.41, 5.74) is 7.44. The van der Waals surface area contributed by atoms with Crippen molar-refractivity contribution in [2.45, 2.75) is 76.3 Å². The number of nitrogens with two attached hydrogens (primary N) is 1. The summed E-state index contributed by atoms with van der Waals surface area (Å²) in [5, 5.41) is 17.0. The molecule has 0 bridgehead atoms. The number of carbonyl (C=O) groups is 2. The van der Waals surface area contributed by atoms with Gasteiger partial charge in [-0.1, -0.05) is 32.1 Å². The molecule has 3 atom stereocenters. The van der Waals surface area contributed by atoms with Crippen molar-refractivity contribution in [1.82, 2.24) is 25.5 Å². The fourth-order valence-corrected chi connectivity index (χ4v) is 6.82. The molecular weight excluding hydrogens is 473 g/mol. The highest BCUT2D eigenvalue weighted by atomic mass is 19.1. The molecule has 2 amide bonds. The van der Waals surface area contributed by atoms with Crippen LogP contribution in [0.25, 0.3) is 11.4 Å². The Morgan fingerprint density at radius 2 is 1.78 bits per heavy atom.